The van der Waals surface area contributed by atoms with E-state index in [9.17, 15) is 8.42 Å². The van der Waals surface area contributed by atoms with Crippen LogP contribution in [-0.4, -0.2) is 31.6 Å². The lowest BCUT2D eigenvalue weighted by Crippen LogP contribution is -2.33. The highest BCUT2D eigenvalue weighted by atomic mass is 32.2. The van der Waals surface area contributed by atoms with E-state index >= 15 is 0 Å². The average molecular weight is 221 g/mol. The van der Waals surface area contributed by atoms with Crippen LogP contribution in [0.3, 0.4) is 0 Å². The molecule has 0 aliphatic rings. The minimum atomic E-state index is -2.97. The molecule has 0 heterocycles. The molecule has 0 amide bonds. The van der Waals surface area contributed by atoms with Gasteiger partial charge in [-0.2, -0.15) is 0 Å². The second-order valence-electron chi connectivity index (χ2n) is 3.51. The summed E-state index contributed by atoms with van der Waals surface area (Å²) in [4.78, 5) is 0. The summed E-state index contributed by atoms with van der Waals surface area (Å²) in [5.41, 5.74) is 0. The summed E-state index contributed by atoms with van der Waals surface area (Å²) >= 11 is 0. The molecular formula is C10H23NO2S. The molecule has 3 nitrogen and oxygen atoms in total. The molecule has 0 atom stereocenters. The van der Waals surface area contributed by atoms with E-state index in [2.05, 4.69) is 6.92 Å². The second kappa shape index (κ2) is 7.23. The SMILES string of the molecule is CCCCCS(=O)(=O)N(CC)CCC. The molecule has 0 aromatic heterocycles. The van der Waals surface area contributed by atoms with Crippen LogP contribution in [0.4, 0.5) is 0 Å². The predicted molar refractivity (Wildman–Crippen MR) is 60.8 cm³/mol. The fourth-order valence-corrected chi connectivity index (χ4v) is 3.09. The van der Waals surface area contributed by atoms with Gasteiger partial charge in [0.2, 0.25) is 10.0 Å². The van der Waals surface area contributed by atoms with E-state index in [0.717, 1.165) is 25.7 Å². The van der Waals surface area contributed by atoms with E-state index in [1.54, 1.807) is 4.31 Å². The first-order chi connectivity index (χ1) is 6.58. The van der Waals surface area contributed by atoms with Crippen LogP contribution in [0.2, 0.25) is 0 Å². The molecule has 0 saturated heterocycles. The van der Waals surface area contributed by atoms with Gasteiger partial charge < -0.3 is 0 Å². The summed E-state index contributed by atoms with van der Waals surface area (Å²) in [6.45, 7) is 7.24. The summed E-state index contributed by atoms with van der Waals surface area (Å²) < 4.78 is 25.1. The largest absolute Gasteiger partial charge is 0.214 e. The lowest BCUT2D eigenvalue weighted by Gasteiger charge is -2.19. The van der Waals surface area contributed by atoms with Gasteiger partial charge in [-0.05, 0) is 12.8 Å². The van der Waals surface area contributed by atoms with E-state index in [1.165, 1.54) is 0 Å². The molecule has 86 valence electrons. The van der Waals surface area contributed by atoms with Crippen molar-refractivity contribution in [2.24, 2.45) is 0 Å². The summed E-state index contributed by atoms with van der Waals surface area (Å²) in [7, 11) is -2.97. The van der Waals surface area contributed by atoms with Crippen LogP contribution in [-0.2, 0) is 10.0 Å². The normalized spacial score (nSPS) is 12.3. The van der Waals surface area contributed by atoms with Gasteiger partial charge in [-0.25, -0.2) is 12.7 Å². The van der Waals surface area contributed by atoms with Gasteiger partial charge in [-0.15, -0.1) is 0 Å². The van der Waals surface area contributed by atoms with Crippen molar-refractivity contribution in [3.8, 4) is 0 Å². The van der Waals surface area contributed by atoms with Gasteiger partial charge in [0, 0.05) is 13.1 Å². The zero-order valence-corrected chi connectivity index (χ0v) is 10.4. The quantitative estimate of drug-likeness (QED) is 0.589. The fraction of sp³-hybridized carbons (Fsp3) is 1.00. The summed E-state index contributed by atoms with van der Waals surface area (Å²) in [5.74, 6) is 0.314. The van der Waals surface area contributed by atoms with Gasteiger partial charge in [0.1, 0.15) is 0 Å². The number of nitrogens with zero attached hydrogens (tertiary/aromatic N) is 1. The van der Waals surface area contributed by atoms with Gasteiger partial charge in [0.05, 0.1) is 5.75 Å². The molecule has 0 rings (SSSR count). The van der Waals surface area contributed by atoms with Gasteiger partial charge in [0.25, 0.3) is 0 Å². The summed E-state index contributed by atoms with van der Waals surface area (Å²) in [6, 6.07) is 0. The Morgan fingerprint density at radius 3 is 2.07 bits per heavy atom. The number of rotatable bonds is 8. The third-order valence-corrected chi connectivity index (χ3v) is 4.26. The molecule has 0 aromatic rings. The molecule has 0 radical (unpaired) electrons. The van der Waals surface area contributed by atoms with Crippen molar-refractivity contribution < 1.29 is 8.42 Å². The smallest absolute Gasteiger partial charge is 0.212 e. The van der Waals surface area contributed by atoms with Crippen LogP contribution in [0.15, 0.2) is 0 Å². The van der Waals surface area contributed by atoms with Crippen molar-refractivity contribution in [2.75, 3.05) is 18.8 Å². The van der Waals surface area contributed by atoms with Crippen LogP contribution in [0, 0.1) is 0 Å². The van der Waals surface area contributed by atoms with Crippen LogP contribution in [0.1, 0.15) is 46.5 Å². The van der Waals surface area contributed by atoms with E-state index in [4.69, 9.17) is 0 Å². The van der Waals surface area contributed by atoms with E-state index in [-0.39, 0.29) is 0 Å². The Labute approximate surface area is 88.5 Å². The highest BCUT2D eigenvalue weighted by molar-refractivity contribution is 7.89. The van der Waals surface area contributed by atoms with Crippen LogP contribution in [0.5, 0.6) is 0 Å². The maximum atomic E-state index is 11.8. The third-order valence-electron chi connectivity index (χ3n) is 2.22. The van der Waals surface area contributed by atoms with Crippen molar-refractivity contribution in [2.45, 2.75) is 46.5 Å². The van der Waals surface area contributed by atoms with Crippen LogP contribution in [0.25, 0.3) is 0 Å². The number of sulfonamides is 1. The lowest BCUT2D eigenvalue weighted by molar-refractivity contribution is 0.425. The molecule has 0 unspecified atom stereocenters. The molecule has 0 aliphatic carbocycles. The van der Waals surface area contributed by atoms with Gasteiger partial charge in [0.15, 0.2) is 0 Å². The first-order valence-corrected chi connectivity index (χ1v) is 7.17. The molecule has 0 aliphatic heterocycles. The van der Waals surface area contributed by atoms with Crippen molar-refractivity contribution in [3.63, 3.8) is 0 Å². The van der Waals surface area contributed by atoms with E-state index in [0.29, 0.717) is 18.8 Å². The van der Waals surface area contributed by atoms with E-state index in [1.807, 2.05) is 13.8 Å². The third kappa shape index (κ3) is 4.96. The molecule has 0 fully saturated rings. The maximum Gasteiger partial charge on any atom is 0.214 e. The van der Waals surface area contributed by atoms with Crippen molar-refractivity contribution >= 4 is 10.0 Å². The molecule has 0 spiro atoms. The Bertz CT molecular complexity index is 224. The topological polar surface area (TPSA) is 37.4 Å². The standard InChI is InChI=1S/C10H23NO2S/c1-4-7-8-10-14(12,13)11(6-3)9-5-2/h4-10H2,1-3H3. The highest BCUT2D eigenvalue weighted by Gasteiger charge is 2.18. The Balaban J connectivity index is 4.12. The number of unbranched alkanes of at least 4 members (excludes halogenated alkanes) is 2. The van der Waals surface area contributed by atoms with Gasteiger partial charge in [-0.1, -0.05) is 33.6 Å². The first kappa shape index (κ1) is 13.9. The van der Waals surface area contributed by atoms with Crippen molar-refractivity contribution in [1.29, 1.82) is 0 Å². The molecule has 14 heavy (non-hydrogen) atoms. The highest BCUT2D eigenvalue weighted by Crippen LogP contribution is 2.06. The van der Waals surface area contributed by atoms with Crippen LogP contribution < -0.4 is 0 Å². The van der Waals surface area contributed by atoms with Gasteiger partial charge in [-0.3, -0.25) is 0 Å². The Hall–Kier alpha value is -0.0900. The number of hydrogen-bond acceptors (Lipinski definition) is 2. The minimum Gasteiger partial charge on any atom is -0.212 e. The van der Waals surface area contributed by atoms with Gasteiger partial charge >= 0.3 is 0 Å². The maximum absolute atomic E-state index is 11.8. The predicted octanol–water partition coefficient (Wildman–Crippen LogP) is 2.24. The molecule has 0 aromatic carbocycles. The number of hydrogen-bond donors (Lipinski definition) is 0. The molecule has 0 saturated carbocycles. The zero-order valence-electron chi connectivity index (χ0n) is 9.62. The fourth-order valence-electron chi connectivity index (χ4n) is 1.41. The van der Waals surface area contributed by atoms with Crippen molar-refractivity contribution in [1.82, 2.24) is 4.31 Å². The molecule has 0 bridgehead atoms. The van der Waals surface area contributed by atoms with Crippen LogP contribution >= 0.6 is 0 Å². The first-order valence-electron chi connectivity index (χ1n) is 5.56. The second-order valence-corrected chi connectivity index (χ2v) is 5.60. The lowest BCUT2D eigenvalue weighted by atomic mass is 10.3. The Morgan fingerprint density at radius 1 is 1.00 bits per heavy atom. The zero-order chi connectivity index (χ0) is 11.0. The van der Waals surface area contributed by atoms with E-state index < -0.39 is 10.0 Å². The molecular weight excluding hydrogens is 198 g/mol. The molecule has 0 N–H and O–H groups in total. The summed E-state index contributed by atoms with van der Waals surface area (Å²) in [6.07, 6.45) is 3.75. The molecule has 4 heteroatoms. The minimum absolute atomic E-state index is 0.314. The summed E-state index contributed by atoms with van der Waals surface area (Å²) in [5, 5.41) is 0. The Kier molecular flexibility index (Phi) is 7.19. The monoisotopic (exact) mass is 221 g/mol. The van der Waals surface area contributed by atoms with Crippen molar-refractivity contribution in [3.05, 3.63) is 0 Å². The average Bonchev–Trinajstić information content (AvgIpc) is 2.14. The Morgan fingerprint density at radius 2 is 1.64 bits per heavy atom.